The Morgan fingerprint density at radius 3 is 2.25 bits per heavy atom. The van der Waals surface area contributed by atoms with Crippen LogP contribution in [0.25, 0.3) is 0 Å². The number of hydrogen-bond acceptors (Lipinski definition) is 5. The van der Waals surface area contributed by atoms with Crippen molar-refractivity contribution in [2.45, 2.75) is 137 Å². The smallest absolute Gasteiger partial charge is 0.312 e. The van der Waals surface area contributed by atoms with Crippen molar-refractivity contribution in [3.63, 3.8) is 0 Å². The fourth-order valence-corrected chi connectivity index (χ4v) is 7.14. The molecule has 0 aromatic rings. The molecule has 32 heavy (non-hydrogen) atoms. The maximum Gasteiger partial charge on any atom is 0.312 e. The summed E-state index contributed by atoms with van der Waals surface area (Å²) in [6.07, 6.45) is 7.36. The maximum atomic E-state index is 13.6. The van der Waals surface area contributed by atoms with Gasteiger partial charge in [0.25, 0.3) is 6.48 Å². The number of ether oxygens (including phenoxy) is 3. The maximum absolute atomic E-state index is 13.6. The molecule has 3 fully saturated rings. The van der Waals surface area contributed by atoms with Crippen molar-refractivity contribution in [3.05, 3.63) is 0 Å². The van der Waals surface area contributed by atoms with Gasteiger partial charge in [0.15, 0.2) is 0 Å². The second kappa shape index (κ2) is 8.53. The van der Waals surface area contributed by atoms with Crippen molar-refractivity contribution in [2.24, 2.45) is 28.6 Å². The van der Waals surface area contributed by atoms with E-state index in [9.17, 15) is 9.90 Å². The van der Waals surface area contributed by atoms with Gasteiger partial charge in [0.1, 0.15) is 5.60 Å². The SMILES string of the molecule is CCCCC(C)(CC(C)(C)C)C(=O)OC1(C)CC2CC3CC(OC(O)OC(C)(C)C)(C1)C23. The summed E-state index contributed by atoms with van der Waals surface area (Å²) in [5.41, 5.74) is -1.95. The first-order valence-corrected chi connectivity index (χ1v) is 12.8. The summed E-state index contributed by atoms with van der Waals surface area (Å²) in [6.45, 7) is 17.4. The lowest BCUT2D eigenvalue weighted by Crippen LogP contribution is -2.72. The number of carbonyl (C=O) groups excluding carboxylic acids is 1. The average molecular weight is 453 g/mol. The molecule has 186 valence electrons. The molecule has 0 bridgehead atoms. The highest BCUT2D eigenvalue weighted by Crippen LogP contribution is 2.69. The van der Waals surface area contributed by atoms with Crippen molar-refractivity contribution >= 4 is 5.97 Å². The standard InChI is InChI=1S/C27H48O5/c1-10-11-12-25(8,16-23(2,3)4)21(28)30-26(9)14-18-13-19-15-27(17-26,20(18)19)32-22(29)31-24(5,6)7/h18-20,22,29H,10-17H2,1-9H3. The fraction of sp³-hybridized carbons (Fsp3) is 0.963. The molecule has 0 radical (unpaired) electrons. The van der Waals surface area contributed by atoms with E-state index in [2.05, 4.69) is 41.5 Å². The van der Waals surface area contributed by atoms with E-state index in [-0.39, 0.29) is 11.4 Å². The van der Waals surface area contributed by atoms with E-state index in [0.717, 1.165) is 38.5 Å². The largest absolute Gasteiger partial charge is 0.459 e. The molecule has 5 heteroatoms. The summed E-state index contributed by atoms with van der Waals surface area (Å²) in [7, 11) is 0. The lowest BCUT2D eigenvalue weighted by atomic mass is 9.39. The van der Waals surface area contributed by atoms with Crippen LogP contribution < -0.4 is 0 Å². The molecule has 0 spiro atoms. The van der Waals surface area contributed by atoms with Crippen molar-refractivity contribution in [1.29, 1.82) is 0 Å². The van der Waals surface area contributed by atoms with Gasteiger partial charge in [0.05, 0.1) is 16.6 Å². The minimum absolute atomic E-state index is 0.0496. The molecule has 7 unspecified atom stereocenters. The lowest BCUT2D eigenvalue weighted by molar-refractivity contribution is -0.399. The molecule has 3 rings (SSSR count). The summed E-state index contributed by atoms with van der Waals surface area (Å²) in [5, 5.41) is 10.5. The van der Waals surface area contributed by atoms with Crippen molar-refractivity contribution in [3.8, 4) is 0 Å². The first-order valence-electron chi connectivity index (χ1n) is 12.8. The van der Waals surface area contributed by atoms with E-state index < -0.39 is 28.7 Å². The number of unbranched alkanes of at least 4 members (excludes halogenated alkanes) is 1. The van der Waals surface area contributed by atoms with Gasteiger partial charge in [-0.25, -0.2) is 0 Å². The first kappa shape index (κ1) is 26.0. The number of carbonyl (C=O) groups is 1. The summed E-state index contributed by atoms with van der Waals surface area (Å²) in [4.78, 5) is 13.6. The molecule has 7 atom stereocenters. The third-order valence-electron chi connectivity index (χ3n) is 7.83. The quantitative estimate of drug-likeness (QED) is 0.332. The topological polar surface area (TPSA) is 65.0 Å². The zero-order chi connectivity index (χ0) is 24.2. The van der Waals surface area contributed by atoms with Gasteiger partial charge in [-0.2, -0.15) is 0 Å². The predicted octanol–water partition coefficient (Wildman–Crippen LogP) is 6.22. The highest BCUT2D eigenvalue weighted by atomic mass is 16.8. The summed E-state index contributed by atoms with van der Waals surface area (Å²) >= 11 is 0. The van der Waals surface area contributed by atoms with Gasteiger partial charge >= 0.3 is 5.97 Å². The van der Waals surface area contributed by atoms with Gasteiger partial charge in [0, 0.05) is 6.42 Å². The molecule has 5 nitrogen and oxygen atoms in total. The number of aliphatic hydroxyl groups is 1. The molecule has 3 aliphatic carbocycles. The molecule has 3 aliphatic rings. The van der Waals surface area contributed by atoms with Crippen LogP contribution in [-0.2, 0) is 19.0 Å². The van der Waals surface area contributed by atoms with Gasteiger partial charge in [-0.05, 0) is 89.9 Å². The van der Waals surface area contributed by atoms with E-state index in [1.54, 1.807) is 0 Å². The Balaban J connectivity index is 1.74. The van der Waals surface area contributed by atoms with Crippen LogP contribution in [-0.4, -0.2) is 34.4 Å². The molecule has 0 aromatic heterocycles. The highest BCUT2D eigenvalue weighted by Gasteiger charge is 2.70. The van der Waals surface area contributed by atoms with Crippen LogP contribution in [0.4, 0.5) is 0 Å². The Morgan fingerprint density at radius 1 is 1.09 bits per heavy atom. The first-order chi connectivity index (χ1) is 14.5. The summed E-state index contributed by atoms with van der Waals surface area (Å²) in [6, 6.07) is 0. The zero-order valence-electron chi connectivity index (χ0n) is 22.0. The van der Waals surface area contributed by atoms with Crippen LogP contribution in [0.2, 0.25) is 0 Å². The third kappa shape index (κ3) is 5.52. The second-order valence-corrected chi connectivity index (χ2v) is 13.8. The van der Waals surface area contributed by atoms with Gasteiger partial charge < -0.3 is 19.3 Å². The number of hydrogen-bond donors (Lipinski definition) is 1. The molecular formula is C27H48O5. The van der Waals surface area contributed by atoms with E-state index in [1.165, 1.54) is 6.42 Å². The lowest BCUT2D eigenvalue weighted by Gasteiger charge is -2.70. The molecule has 0 aromatic carbocycles. The van der Waals surface area contributed by atoms with Crippen molar-refractivity contribution in [1.82, 2.24) is 0 Å². The molecule has 0 aliphatic heterocycles. The summed E-state index contributed by atoms with van der Waals surface area (Å²) in [5.74, 6) is 1.55. The Labute approximate surface area is 196 Å². The van der Waals surface area contributed by atoms with Crippen molar-refractivity contribution in [2.75, 3.05) is 0 Å². The molecule has 3 saturated carbocycles. The monoisotopic (exact) mass is 452 g/mol. The Kier molecular flexibility index (Phi) is 6.92. The van der Waals surface area contributed by atoms with Crippen LogP contribution in [0.1, 0.15) is 114 Å². The predicted molar refractivity (Wildman–Crippen MR) is 126 cm³/mol. The number of esters is 1. The molecule has 1 N–H and O–H groups in total. The van der Waals surface area contributed by atoms with Crippen LogP contribution in [0, 0.1) is 28.6 Å². The number of aliphatic hydroxyl groups excluding tert-OH is 1. The zero-order valence-corrected chi connectivity index (χ0v) is 22.0. The molecule has 0 amide bonds. The van der Waals surface area contributed by atoms with E-state index in [4.69, 9.17) is 14.2 Å². The number of rotatable bonds is 9. The molecular weight excluding hydrogens is 404 g/mol. The second-order valence-electron chi connectivity index (χ2n) is 13.8. The Hall–Kier alpha value is -0.650. The van der Waals surface area contributed by atoms with Crippen LogP contribution >= 0.6 is 0 Å². The third-order valence-corrected chi connectivity index (χ3v) is 7.83. The highest BCUT2D eigenvalue weighted by molar-refractivity contribution is 5.77. The van der Waals surface area contributed by atoms with Gasteiger partial charge in [-0.15, -0.1) is 0 Å². The minimum atomic E-state index is -1.26. The van der Waals surface area contributed by atoms with E-state index in [0.29, 0.717) is 24.2 Å². The van der Waals surface area contributed by atoms with Crippen LogP contribution in [0.5, 0.6) is 0 Å². The molecule has 0 saturated heterocycles. The fourth-order valence-electron chi connectivity index (χ4n) is 7.14. The van der Waals surface area contributed by atoms with Gasteiger partial charge in [-0.1, -0.05) is 40.5 Å². The van der Waals surface area contributed by atoms with E-state index in [1.807, 2.05) is 20.8 Å². The summed E-state index contributed by atoms with van der Waals surface area (Å²) < 4.78 is 18.3. The normalized spacial score (nSPS) is 36.9. The van der Waals surface area contributed by atoms with E-state index >= 15 is 0 Å². The average Bonchev–Trinajstić information content (AvgIpc) is 2.53. The molecule has 0 heterocycles. The van der Waals surface area contributed by atoms with Crippen LogP contribution in [0.3, 0.4) is 0 Å². The van der Waals surface area contributed by atoms with Gasteiger partial charge in [0.2, 0.25) is 0 Å². The Bertz CT molecular complexity index is 691. The minimum Gasteiger partial charge on any atom is -0.459 e. The van der Waals surface area contributed by atoms with Crippen LogP contribution in [0.15, 0.2) is 0 Å². The Morgan fingerprint density at radius 2 is 1.72 bits per heavy atom. The van der Waals surface area contributed by atoms with Crippen molar-refractivity contribution < 1.29 is 24.1 Å². The van der Waals surface area contributed by atoms with Gasteiger partial charge in [-0.3, -0.25) is 4.79 Å².